The van der Waals surface area contributed by atoms with Gasteiger partial charge in [-0.05, 0) is 47.0 Å². The Morgan fingerprint density at radius 3 is 2.35 bits per heavy atom. The van der Waals surface area contributed by atoms with E-state index in [1.807, 2.05) is 14.1 Å². The van der Waals surface area contributed by atoms with Gasteiger partial charge in [0.05, 0.1) is 12.0 Å². The summed E-state index contributed by atoms with van der Waals surface area (Å²) in [7, 11) is 5.71. The first-order chi connectivity index (χ1) is 8.52. The number of nitrogens with zero attached hydrogens (tertiary/aromatic N) is 1. The molecule has 7 heteroatoms. The number of piperidine rings is 1. The lowest BCUT2D eigenvalue weighted by atomic mass is 9.78. The largest absolute Gasteiger partial charge is 0.384 e. The standard InChI is InChI=1S/C13H27N3O2.2ClH/c1-11(16(2)3)9-15-12(17)13(10-18-4)5-7-14-8-6-13;;/h11,14H,5-10H2,1-4H3,(H,15,17);2*1H. The van der Waals surface area contributed by atoms with Crippen LogP contribution < -0.4 is 10.6 Å². The number of ether oxygens (including phenoxy) is 1. The van der Waals surface area contributed by atoms with Crippen molar-refractivity contribution >= 4 is 30.7 Å². The van der Waals surface area contributed by atoms with Gasteiger partial charge in [-0.25, -0.2) is 0 Å². The van der Waals surface area contributed by atoms with Crippen LogP contribution in [0.3, 0.4) is 0 Å². The fourth-order valence-electron chi connectivity index (χ4n) is 2.23. The maximum absolute atomic E-state index is 12.4. The van der Waals surface area contributed by atoms with E-state index in [9.17, 15) is 4.79 Å². The molecule has 1 amide bonds. The molecule has 20 heavy (non-hydrogen) atoms. The number of carbonyl (C=O) groups excluding carboxylic acids is 1. The SMILES string of the molecule is COCC1(C(=O)NCC(C)N(C)C)CCNCC1.Cl.Cl. The molecule has 0 aliphatic carbocycles. The summed E-state index contributed by atoms with van der Waals surface area (Å²) < 4.78 is 5.26. The van der Waals surface area contributed by atoms with E-state index in [2.05, 4.69) is 22.5 Å². The van der Waals surface area contributed by atoms with E-state index in [0.717, 1.165) is 25.9 Å². The van der Waals surface area contributed by atoms with E-state index in [4.69, 9.17) is 4.74 Å². The van der Waals surface area contributed by atoms with Crippen LogP contribution in [0.25, 0.3) is 0 Å². The molecule has 1 aliphatic rings. The third-order valence-electron chi connectivity index (χ3n) is 3.90. The topological polar surface area (TPSA) is 53.6 Å². The molecule has 1 saturated heterocycles. The smallest absolute Gasteiger partial charge is 0.228 e. The summed E-state index contributed by atoms with van der Waals surface area (Å²) in [5.41, 5.74) is -0.341. The van der Waals surface area contributed by atoms with Gasteiger partial charge < -0.3 is 20.3 Å². The molecule has 5 nitrogen and oxygen atoms in total. The molecular formula is C13H29Cl2N3O2. The Bertz CT molecular complexity index is 267. The molecule has 1 heterocycles. The van der Waals surface area contributed by atoms with Gasteiger partial charge in [0.1, 0.15) is 0 Å². The molecule has 0 aromatic heterocycles. The first-order valence-electron chi connectivity index (χ1n) is 6.66. The molecular weight excluding hydrogens is 301 g/mol. The molecule has 122 valence electrons. The zero-order valence-corrected chi connectivity index (χ0v) is 14.5. The minimum atomic E-state index is -0.341. The van der Waals surface area contributed by atoms with E-state index in [1.54, 1.807) is 7.11 Å². The van der Waals surface area contributed by atoms with Crippen LogP contribution in [0.15, 0.2) is 0 Å². The van der Waals surface area contributed by atoms with E-state index < -0.39 is 0 Å². The molecule has 1 unspecified atom stereocenters. The van der Waals surface area contributed by atoms with Crippen LogP contribution in [0.4, 0.5) is 0 Å². The highest BCUT2D eigenvalue weighted by Gasteiger charge is 2.39. The van der Waals surface area contributed by atoms with Gasteiger partial charge in [0.2, 0.25) is 5.91 Å². The number of amides is 1. The molecule has 0 bridgehead atoms. The van der Waals surface area contributed by atoms with Gasteiger partial charge in [-0.1, -0.05) is 0 Å². The molecule has 0 aromatic carbocycles. The van der Waals surface area contributed by atoms with Gasteiger partial charge in [-0.15, -0.1) is 24.8 Å². The Balaban J connectivity index is 0. The lowest BCUT2D eigenvalue weighted by Gasteiger charge is -2.36. The molecule has 1 rings (SSSR count). The Morgan fingerprint density at radius 1 is 1.35 bits per heavy atom. The third kappa shape index (κ3) is 6.14. The second kappa shape index (κ2) is 10.6. The van der Waals surface area contributed by atoms with Crippen molar-refractivity contribution in [3.8, 4) is 0 Å². The number of hydrogen-bond acceptors (Lipinski definition) is 4. The van der Waals surface area contributed by atoms with Crippen molar-refractivity contribution < 1.29 is 9.53 Å². The Morgan fingerprint density at radius 2 is 1.90 bits per heavy atom. The lowest BCUT2D eigenvalue weighted by molar-refractivity contribution is -0.136. The highest BCUT2D eigenvalue weighted by atomic mass is 35.5. The van der Waals surface area contributed by atoms with Crippen LogP contribution in [0.1, 0.15) is 19.8 Å². The van der Waals surface area contributed by atoms with Gasteiger partial charge in [0.25, 0.3) is 0 Å². The van der Waals surface area contributed by atoms with Gasteiger partial charge in [-0.2, -0.15) is 0 Å². The highest BCUT2D eigenvalue weighted by molar-refractivity contribution is 5.85. The average Bonchev–Trinajstić information content (AvgIpc) is 2.36. The molecule has 0 aromatic rings. The summed E-state index contributed by atoms with van der Waals surface area (Å²) in [6.45, 7) is 5.08. The normalized spacial score (nSPS) is 18.6. The Hall–Kier alpha value is -0.0700. The number of nitrogens with one attached hydrogen (secondary N) is 2. The second-order valence-corrected chi connectivity index (χ2v) is 5.49. The zero-order valence-electron chi connectivity index (χ0n) is 12.9. The van der Waals surface area contributed by atoms with Crippen molar-refractivity contribution in [1.29, 1.82) is 0 Å². The quantitative estimate of drug-likeness (QED) is 0.760. The van der Waals surface area contributed by atoms with Crippen molar-refractivity contribution in [3.05, 3.63) is 0 Å². The van der Waals surface area contributed by atoms with E-state index in [1.165, 1.54) is 0 Å². The minimum absolute atomic E-state index is 0. The van der Waals surface area contributed by atoms with E-state index in [-0.39, 0.29) is 36.1 Å². The lowest BCUT2D eigenvalue weighted by Crippen LogP contribution is -2.52. The van der Waals surface area contributed by atoms with Crippen LogP contribution in [0.2, 0.25) is 0 Å². The van der Waals surface area contributed by atoms with Gasteiger partial charge in [-0.3, -0.25) is 4.79 Å². The van der Waals surface area contributed by atoms with Crippen molar-refractivity contribution in [3.63, 3.8) is 0 Å². The molecule has 1 aliphatic heterocycles. The molecule has 1 fully saturated rings. The summed E-state index contributed by atoms with van der Waals surface area (Å²) in [4.78, 5) is 14.5. The maximum atomic E-state index is 12.4. The third-order valence-corrected chi connectivity index (χ3v) is 3.90. The van der Waals surface area contributed by atoms with Gasteiger partial charge >= 0.3 is 0 Å². The summed E-state index contributed by atoms with van der Waals surface area (Å²) >= 11 is 0. The van der Waals surface area contributed by atoms with Gasteiger partial charge in [0.15, 0.2) is 0 Å². The predicted molar refractivity (Wildman–Crippen MR) is 87.1 cm³/mol. The molecule has 0 spiro atoms. The van der Waals surface area contributed by atoms with Crippen LogP contribution in [0.5, 0.6) is 0 Å². The zero-order chi connectivity index (χ0) is 13.6. The summed E-state index contributed by atoms with van der Waals surface area (Å²) in [6.07, 6.45) is 1.70. The fourth-order valence-corrected chi connectivity index (χ4v) is 2.23. The summed E-state index contributed by atoms with van der Waals surface area (Å²) in [5.74, 6) is 0.138. The average molecular weight is 330 g/mol. The minimum Gasteiger partial charge on any atom is -0.384 e. The van der Waals surface area contributed by atoms with Crippen molar-refractivity contribution in [2.24, 2.45) is 5.41 Å². The summed E-state index contributed by atoms with van der Waals surface area (Å²) in [6, 6.07) is 0.343. The number of carbonyl (C=O) groups is 1. The number of methoxy groups -OCH3 is 1. The fraction of sp³-hybridized carbons (Fsp3) is 0.923. The first-order valence-corrected chi connectivity index (χ1v) is 6.66. The van der Waals surface area contributed by atoms with Crippen LogP contribution in [-0.4, -0.2) is 64.3 Å². The van der Waals surface area contributed by atoms with Crippen molar-refractivity contribution in [2.45, 2.75) is 25.8 Å². The Labute approximate surface area is 135 Å². The van der Waals surface area contributed by atoms with E-state index in [0.29, 0.717) is 19.2 Å². The van der Waals surface area contributed by atoms with E-state index >= 15 is 0 Å². The number of rotatable bonds is 6. The number of halogens is 2. The first kappa shape index (κ1) is 22.2. The maximum Gasteiger partial charge on any atom is 0.228 e. The highest BCUT2D eigenvalue weighted by Crippen LogP contribution is 2.29. The van der Waals surface area contributed by atoms with Crippen LogP contribution in [0, 0.1) is 5.41 Å². The van der Waals surface area contributed by atoms with Gasteiger partial charge in [0, 0.05) is 19.7 Å². The number of hydrogen-bond donors (Lipinski definition) is 2. The molecule has 0 saturated carbocycles. The molecule has 0 radical (unpaired) electrons. The Kier molecular flexibility index (Phi) is 11.8. The monoisotopic (exact) mass is 329 g/mol. The van der Waals surface area contributed by atoms with Crippen LogP contribution in [-0.2, 0) is 9.53 Å². The molecule has 1 atom stereocenters. The predicted octanol–water partition coefficient (Wildman–Crippen LogP) is 0.912. The number of likely N-dealkylation sites (N-methyl/N-ethyl adjacent to an activating group) is 1. The van der Waals surface area contributed by atoms with Crippen LogP contribution >= 0.6 is 24.8 Å². The van der Waals surface area contributed by atoms with Crippen molar-refractivity contribution in [1.82, 2.24) is 15.5 Å². The van der Waals surface area contributed by atoms with Crippen molar-refractivity contribution in [2.75, 3.05) is 47.4 Å². The molecule has 2 N–H and O–H groups in total. The second-order valence-electron chi connectivity index (χ2n) is 5.49. The summed E-state index contributed by atoms with van der Waals surface area (Å²) in [5, 5.41) is 6.36.